The summed E-state index contributed by atoms with van der Waals surface area (Å²) >= 11 is 0. The van der Waals surface area contributed by atoms with Crippen LogP contribution < -0.4 is 14.2 Å². The Labute approximate surface area is 398 Å². The van der Waals surface area contributed by atoms with E-state index in [0.717, 1.165) is 27.8 Å². The van der Waals surface area contributed by atoms with Crippen molar-refractivity contribution in [3.63, 3.8) is 0 Å². The van der Waals surface area contributed by atoms with Gasteiger partial charge in [-0.3, -0.25) is 0 Å². The van der Waals surface area contributed by atoms with Gasteiger partial charge in [0.05, 0.1) is 29.4 Å². The van der Waals surface area contributed by atoms with E-state index in [1.807, 2.05) is 94.4 Å². The van der Waals surface area contributed by atoms with Gasteiger partial charge in [0.25, 0.3) is 0 Å². The maximum absolute atomic E-state index is 13.3. The third-order valence-corrected chi connectivity index (χ3v) is 12.6. The number of methoxy groups -OCH3 is 1. The van der Waals surface area contributed by atoms with E-state index in [1.54, 1.807) is 60.7 Å². The van der Waals surface area contributed by atoms with E-state index < -0.39 is 40.5 Å². The van der Waals surface area contributed by atoms with Crippen LogP contribution in [-0.4, -0.2) is 31.0 Å². The van der Waals surface area contributed by atoms with E-state index >= 15 is 0 Å². The number of carbonyl (C=O) groups excluding carboxylic acids is 4. The lowest BCUT2D eigenvalue weighted by atomic mass is 9.77. The Morgan fingerprint density at radius 3 is 1.03 bits per heavy atom. The Morgan fingerprint density at radius 1 is 0.324 bits per heavy atom. The number of para-hydroxylation sites is 2. The molecule has 9 heteroatoms. The molecule has 0 amide bonds. The Balaban J connectivity index is 0.917. The summed E-state index contributed by atoms with van der Waals surface area (Å²) in [4.78, 5) is 52.5. The van der Waals surface area contributed by atoms with Gasteiger partial charge in [0.15, 0.2) is 11.5 Å². The molecule has 0 atom stereocenters. The smallest absolute Gasteiger partial charge is 0.343 e. The molecule has 0 fully saturated rings. The average Bonchev–Trinajstić information content (AvgIpc) is 3.34. The Morgan fingerprint density at radius 2 is 0.632 bits per heavy atom. The monoisotopic (exact) mass is 908 g/mol. The highest BCUT2D eigenvalue weighted by Crippen LogP contribution is 2.36. The van der Waals surface area contributed by atoms with Crippen molar-refractivity contribution in [1.29, 1.82) is 0 Å². The van der Waals surface area contributed by atoms with E-state index in [4.69, 9.17) is 23.7 Å². The van der Waals surface area contributed by atoms with Gasteiger partial charge in [-0.1, -0.05) is 131 Å². The predicted molar refractivity (Wildman–Crippen MR) is 263 cm³/mol. The number of hydrogen-bond donors (Lipinski definition) is 0. The van der Waals surface area contributed by atoms with Crippen molar-refractivity contribution >= 4 is 23.9 Å². The number of ether oxygens (including phenoxy) is 5. The second kappa shape index (κ2) is 19.6. The molecule has 0 heterocycles. The zero-order chi connectivity index (χ0) is 48.9. The Kier molecular flexibility index (Phi) is 13.9. The van der Waals surface area contributed by atoms with Crippen molar-refractivity contribution in [1.82, 2.24) is 0 Å². The van der Waals surface area contributed by atoms with Crippen molar-refractivity contribution in [2.75, 3.05) is 7.11 Å². The normalized spacial score (nSPS) is 11.8. The molecule has 0 aliphatic carbocycles. The summed E-state index contributed by atoms with van der Waals surface area (Å²) in [6, 6.07) is 52.9. The summed E-state index contributed by atoms with van der Waals surface area (Å²) in [7, 11) is 1.50. The van der Waals surface area contributed by atoms with Gasteiger partial charge >= 0.3 is 23.9 Å². The second-order valence-corrected chi connectivity index (χ2v) is 18.7. The molecule has 9 nitrogen and oxygen atoms in total. The van der Waals surface area contributed by atoms with Crippen LogP contribution in [0.15, 0.2) is 176 Å². The molecule has 7 rings (SSSR count). The van der Waals surface area contributed by atoms with Crippen molar-refractivity contribution in [3.8, 4) is 17.2 Å². The van der Waals surface area contributed by atoms with Gasteiger partial charge in [-0.15, -0.1) is 0 Å². The number of carbonyl (C=O) groups is 4. The molecule has 0 aliphatic heterocycles. The van der Waals surface area contributed by atoms with Gasteiger partial charge in [0.1, 0.15) is 17.0 Å². The minimum Gasteiger partial charge on any atom is -0.493 e. The lowest BCUT2D eigenvalue weighted by Crippen LogP contribution is -2.26. The number of benzene rings is 7. The molecule has 0 aliphatic rings. The summed E-state index contributed by atoms with van der Waals surface area (Å²) in [5, 5.41) is 0. The molecule has 0 saturated heterocycles. The van der Waals surface area contributed by atoms with Crippen LogP contribution in [0, 0.1) is 0 Å². The van der Waals surface area contributed by atoms with Crippen LogP contribution in [0.3, 0.4) is 0 Å². The van der Waals surface area contributed by atoms with Gasteiger partial charge in [-0.05, 0) is 134 Å². The molecule has 0 spiro atoms. The Hall–Kier alpha value is -7.78. The van der Waals surface area contributed by atoms with E-state index in [9.17, 15) is 19.2 Å². The zero-order valence-electron chi connectivity index (χ0n) is 39.9. The van der Waals surface area contributed by atoms with E-state index in [2.05, 4.69) is 52.0 Å². The largest absolute Gasteiger partial charge is 0.493 e. The Bertz CT molecular complexity index is 2890. The van der Waals surface area contributed by atoms with Crippen LogP contribution in [0.2, 0.25) is 0 Å². The molecule has 7 aromatic carbocycles. The van der Waals surface area contributed by atoms with Crippen LogP contribution in [0.25, 0.3) is 0 Å². The van der Waals surface area contributed by atoms with Crippen LogP contribution in [-0.2, 0) is 31.5 Å². The first-order valence-electron chi connectivity index (χ1n) is 22.4. The van der Waals surface area contributed by atoms with Crippen LogP contribution in [0.5, 0.6) is 17.2 Å². The minimum atomic E-state index is -0.970. The van der Waals surface area contributed by atoms with Crippen molar-refractivity contribution < 1.29 is 42.9 Å². The molecule has 346 valence electrons. The van der Waals surface area contributed by atoms with Gasteiger partial charge in [0.2, 0.25) is 0 Å². The lowest BCUT2D eigenvalue weighted by molar-refractivity contribution is -0.00421. The second-order valence-electron chi connectivity index (χ2n) is 18.7. The summed E-state index contributed by atoms with van der Waals surface area (Å²) < 4.78 is 28.4. The van der Waals surface area contributed by atoms with Crippen molar-refractivity contribution in [2.24, 2.45) is 0 Å². The van der Waals surface area contributed by atoms with Gasteiger partial charge in [0, 0.05) is 10.8 Å². The first kappa shape index (κ1) is 48.2. The van der Waals surface area contributed by atoms with Crippen molar-refractivity contribution in [2.45, 2.75) is 77.4 Å². The SMILES string of the molecule is COc1ccccc1OC(=O)c1ccc(C(=O)OC(C)(C)c2ccc(C(C)(C)c3ccc(OC(=O)c4ccc(C(=O)OC(C)(C)c5ccc(C(C)(C)c6ccccc6)cc5)cc4)cc3)cc2)cc1. The number of rotatable bonds is 15. The van der Waals surface area contributed by atoms with Gasteiger partial charge in [-0.25, -0.2) is 19.2 Å². The molecule has 0 bridgehead atoms. The molecule has 0 N–H and O–H groups in total. The summed E-state index contributed by atoms with van der Waals surface area (Å²) in [6.45, 7) is 15.9. The van der Waals surface area contributed by atoms with Crippen LogP contribution >= 0.6 is 0 Å². The third-order valence-electron chi connectivity index (χ3n) is 12.6. The standard InChI is InChI=1S/C59H56O9/c1-56(2,43-15-11-10-12-16-43)44-27-31-47(32-28-44)58(5,6)67-54(62)41-23-19-39(20-24-41)52(60)65-49-37-35-46(36-38-49)57(3,4)45-29-33-48(34-30-45)59(7,8)68-55(63)42-25-21-40(22-26-42)53(61)66-51-18-14-13-17-50(51)64-9/h10-38H,1-9H3. The average molecular weight is 909 g/mol. The topological polar surface area (TPSA) is 114 Å². The highest BCUT2D eigenvalue weighted by Gasteiger charge is 2.31. The molecular weight excluding hydrogens is 853 g/mol. The summed E-state index contributed by atoms with van der Waals surface area (Å²) in [5.41, 5.74) is 4.69. The van der Waals surface area contributed by atoms with Crippen LogP contribution in [0.4, 0.5) is 0 Å². The summed E-state index contributed by atoms with van der Waals surface area (Å²) in [6.07, 6.45) is 0. The predicted octanol–water partition coefficient (Wildman–Crippen LogP) is 13.0. The fourth-order valence-electron chi connectivity index (χ4n) is 7.92. The van der Waals surface area contributed by atoms with Crippen LogP contribution in [0.1, 0.15) is 130 Å². The first-order valence-corrected chi connectivity index (χ1v) is 22.4. The summed E-state index contributed by atoms with van der Waals surface area (Å²) in [5.74, 6) is -1.09. The van der Waals surface area contributed by atoms with E-state index in [0.29, 0.717) is 22.8 Å². The first-order chi connectivity index (χ1) is 32.3. The fraction of sp³-hybridized carbons (Fsp3) is 0.220. The van der Waals surface area contributed by atoms with E-state index in [-0.39, 0.29) is 22.1 Å². The van der Waals surface area contributed by atoms with E-state index in [1.165, 1.54) is 36.9 Å². The molecular formula is C59H56O9. The van der Waals surface area contributed by atoms with Gasteiger partial charge < -0.3 is 23.7 Å². The zero-order valence-corrected chi connectivity index (χ0v) is 39.9. The molecule has 0 aromatic heterocycles. The highest BCUT2D eigenvalue weighted by atomic mass is 16.6. The molecule has 0 radical (unpaired) electrons. The number of hydrogen-bond acceptors (Lipinski definition) is 9. The maximum atomic E-state index is 13.3. The van der Waals surface area contributed by atoms with Crippen molar-refractivity contribution in [3.05, 3.63) is 232 Å². The molecule has 0 unspecified atom stereocenters. The minimum absolute atomic E-state index is 0.193. The quantitative estimate of drug-likeness (QED) is 0.0732. The fourth-order valence-corrected chi connectivity index (χ4v) is 7.92. The highest BCUT2D eigenvalue weighted by molar-refractivity contribution is 5.95. The molecule has 68 heavy (non-hydrogen) atoms. The van der Waals surface area contributed by atoms with Gasteiger partial charge in [-0.2, -0.15) is 0 Å². The third kappa shape index (κ3) is 10.7. The molecule has 0 saturated carbocycles. The lowest BCUT2D eigenvalue weighted by Gasteiger charge is -2.29. The molecule has 7 aromatic rings. The maximum Gasteiger partial charge on any atom is 0.343 e. The number of esters is 4.